The van der Waals surface area contributed by atoms with Gasteiger partial charge in [-0.3, -0.25) is 4.98 Å². The number of carbonyl (C=O) groups excluding carboxylic acids is 1. The number of hydrogen-bond donors (Lipinski definition) is 0. The standard InChI is InChI=1S/C14H15NO4/c1-17-8-9-18-13(16)10-19-12-6-2-4-11-5-3-7-15-14(11)12/h2-7H,8-10H2,1H3. The summed E-state index contributed by atoms with van der Waals surface area (Å²) in [6.07, 6.45) is 1.69. The van der Waals surface area contributed by atoms with Gasteiger partial charge in [-0.05, 0) is 12.1 Å². The van der Waals surface area contributed by atoms with E-state index in [9.17, 15) is 4.79 Å². The number of para-hydroxylation sites is 1. The maximum Gasteiger partial charge on any atom is 0.344 e. The Morgan fingerprint density at radius 1 is 1.21 bits per heavy atom. The Morgan fingerprint density at radius 2 is 2.05 bits per heavy atom. The first-order valence-electron chi connectivity index (χ1n) is 5.92. The van der Waals surface area contributed by atoms with Crippen molar-refractivity contribution in [3.63, 3.8) is 0 Å². The van der Waals surface area contributed by atoms with Gasteiger partial charge in [0.2, 0.25) is 0 Å². The molecule has 0 fully saturated rings. The van der Waals surface area contributed by atoms with E-state index in [0.717, 1.165) is 10.9 Å². The summed E-state index contributed by atoms with van der Waals surface area (Å²) < 4.78 is 15.1. The SMILES string of the molecule is COCCOC(=O)COc1cccc2cccnc12. The smallest absolute Gasteiger partial charge is 0.344 e. The first-order chi connectivity index (χ1) is 9.31. The third-order valence-corrected chi connectivity index (χ3v) is 2.49. The highest BCUT2D eigenvalue weighted by molar-refractivity contribution is 5.84. The summed E-state index contributed by atoms with van der Waals surface area (Å²) in [7, 11) is 1.55. The average Bonchev–Trinajstić information content (AvgIpc) is 2.45. The number of pyridine rings is 1. The van der Waals surface area contributed by atoms with Crippen molar-refractivity contribution in [3.8, 4) is 5.75 Å². The van der Waals surface area contributed by atoms with E-state index in [1.54, 1.807) is 19.4 Å². The predicted molar refractivity (Wildman–Crippen MR) is 70.1 cm³/mol. The molecule has 0 atom stereocenters. The molecule has 0 bridgehead atoms. The molecule has 0 aliphatic rings. The maximum atomic E-state index is 11.4. The number of carbonyl (C=O) groups is 1. The van der Waals surface area contributed by atoms with Crippen LogP contribution in [0, 0.1) is 0 Å². The molecule has 2 aromatic rings. The van der Waals surface area contributed by atoms with Gasteiger partial charge < -0.3 is 14.2 Å². The summed E-state index contributed by atoms with van der Waals surface area (Å²) in [5, 5.41) is 0.966. The summed E-state index contributed by atoms with van der Waals surface area (Å²) >= 11 is 0. The van der Waals surface area contributed by atoms with Crippen molar-refractivity contribution in [2.45, 2.75) is 0 Å². The van der Waals surface area contributed by atoms with Gasteiger partial charge in [-0.2, -0.15) is 0 Å². The van der Waals surface area contributed by atoms with Crippen molar-refractivity contribution in [2.75, 3.05) is 26.9 Å². The quantitative estimate of drug-likeness (QED) is 0.586. The van der Waals surface area contributed by atoms with Crippen molar-refractivity contribution < 1.29 is 19.0 Å². The number of methoxy groups -OCH3 is 1. The molecule has 0 spiro atoms. The number of esters is 1. The van der Waals surface area contributed by atoms with E-state index in [-0.39, 0.29) is 13.2 Å². The minimum absolute atomic E-state index is 0.139. The molecular weight excluding hydrogens is 246 g/mol. The lowest BCUT2D eigenvalue weighted by molar-refractivity contribution is -0.147. The van der Waals surface area contributed by atoms with Gasteiger partial charge in [-0.1, -0.05) is 18.2 Å². The largest absolute Gasteiger partial charge is 0.480 e. The normalized spacial score (nSPS) is 10.4. The molecule has 100 valence electrons. The summed E-state index contributed by atoms with van der Waals surface area (Å²) in [6, 6.07) is 9.36. The Labute approximate surface area is 111 Å². The zero-order chi connectivity index (χ0) is 13.5. The van der Waals surface area contributed by atoms with Crippen molar-refractivity contribution in [3.05, 3.63) is 36.5 Å². The summed E-state index contributed by atoms with van der Waals surface area (Å²) in [5.74, 6) is 0.145. The summed E-state index contributed by atoms with van der Waals surface area (Å²) in [5.41, 5.74) is 0.731. The van der Waals surface area contributed by atoms with Crippen LogP contribution in [-0.2, 0) is 14.3 Å². The van der Waals surface area contributed by atoms with E-state index >= 15 is 0 Å². The highest BCUT2D eigenvalue weighted by Gasteiger charge is 2.07. The number of hydrogen-bond acceptors (Lipinski definition) is 5. The molecule has 0 aliphatic carbocycles. The van der Waals surface area contributed by atoms with E-state index in [4.69, 9.17) is 14.2 Å². The van der Waals surface area contributed by atoms with Gasteiger partial charge >= 0.3 is 5.97 Å². The second-order valence-corrected chi connectivity index (χ2v) is 3.83. The minimum Gasteiger partial charge on any atom is -0.480 e. The van der Waals surface area contributed by atoms with Crippen LogP contribution >= 0.6 is 0 Å². The Balaban J connectivity index is 1.96. The van der Waals surface area contributed by atoms with Crippen molar-refractivity contribution >= 4 is 16.9 Å². The molecular formula is C14H15NO4. The first-order valence-corrected chi connectivity index (χ1v) is 5.92. The molecule has 0 amide bonds. The Hall–Kier alpha value is -2.14. The van der Waals surface area contributed by atoms with E-state index in [1.165, 1.54) is 0 Å². The van der Waals surface area contributed by atoms with E-state index in [1.807, 2.05) is 24.3 Å². The van der Waals surface area contributed by atoms with Gasteiger partial charge in [0.05, 0.1) is 6.61 Å². The topological polar surface area (TPSA) is 57.7 Å². The number of ether oxygens (including phenoxy) is 3. The van der Waals surface area contributed by atoms with Gasteiger partial charge in [-0.15, -0.1) is 0 Å². The summed E-state index contributed by atoms with van der Waals surface area (Å²) in [4.78, 5) is 15.6. The van der Waals surface area contributed by atoms with Gasteiger partial charge in [0.1, 0.15) is 17.9 Å². The van der Waals surface area contributed by atoms with Gasteiger partial charge in [0.25, 0.3) is 0 Å². The lowest BCUT2D eigenvalue weighted by atomic mass is 10.2. The lowest BCUT2D eigenvalue weighted by Crippen LogP contribution is -2.17. The fourth-order valence-electron chi connectivity index (χ4n) is 1.61. The maximum absolute atomic E-state index is 11.4. The molecule has 1 heterocycles. The van der Waals surface area contributed by atoms with Crippen LogP contribution in [0.25, 0.3) is 10.9 Å². The minimum atomic E-state index is -0.426. The van der Waals surface area contributed by atoms with Gasteiger partial charge in [-0.25, -0.2) is 4.79 Å². The second-order valence-electron chi connectivity index (χ2n) is 3.83. The Bertz CT molecular complexity index is 551. The van der Waals surface area contributed by atoms with Crippen molar-refractivity contribution in [1.82, 2.24) is 4.98 Å². The van der Waals surface area contributed by atoms with Crippen molar-refractivity contribution in [1.29, 1.82) is 0 Å². The number of fused-ring (bicyclic) bond motifs is 1. The Kier molecular flexibility index (Phi) is 4.69. The Morgan fingerprint density at radius 3 is 2.89 bits per heavy atom. The van der Waals surface area contributed by atoms with Crippen LogP contribution in [0.5, 0.6) is 5.75 Å². The van der Waals surface area contributed by atoms with Crippen LogP contribution in [0.15, 0.2) is 36.5 Å². The van der Waals surface area contributed by atoms with E-state index in [2.05, 4.69) is 4.98 Å². The van der Waals surface area contributed by atoms with E-state index < -0.39 is 5.97 Å². The fourth-order valence-corrected chi connectivity index (χ4v) is 1.61. The molecule has 0 unspecified atom stereocenters. The third kappa shape index (κ3) is 3.66. The number of nitrogens with zero attached hydrogens (tertiary/aromatic N) is 1. The number of rotatable bonds is 6. The third-order valence-electron chi connectivity index (χ3n) is 2.49. The highest BCUT2D eigenvalue weighted by atomic mass is 16.6. The summed E-state index contributed by atoms with van der Waals surface area (Å²) in [6.45, 7) is 0.466. The molecule has 0 saturated heterocycles. The molecule has 2 rings (SSSR count). The molecule has 5 nitrogen and oxygen atoms in total. The molecule has 1 aromatic carbocycles. The first kappa shape index (κ1) is 13.3. The zero-order valence-electron chi connectivity index (χ0n) is 10.7. The molecule has 0 N–H and O–H groups in total. The van der Waals surface area contributed by atoms with Crippen LogP contribution in [0.1, 0.15) is 0 Å². The van der Waals surface area contributed by atoms with Crippen LogP contribution < -0.4 is 4.74 Å². The highest BCUT2D eigenvalue weighted by Crippen LogP contribution is 2.22. The average molecular weight is 261 g/mol. The van der Waals surface area contributed by atoms with Crippen LogP contribution in [0.2, 0.25) is 0 Å². The second kappa shape index (κ2) is 6.70. The van der Waals surface area contributed by atoms with Crippen LogP contribution in [-0.4, -0.2) is 37.9 Å². The predicted octanol–water partition coefficient (Wildman–Crippen LogP) is 1.80. The van der Waals surface area contributed by atoms with E-state index in [0.29, 0.717) is 12.4 Å². The molecule has 0 saturated carbocycles. The molecule has 5 heteroatoms. The monoisotopic (exact) mass is 261 g/mol. The van der Waals surface area contributed by atoms with Crippen molar-refractivity contribution in [2.24, 2.45) is 0 Å². The van der Waals surface area contributed by atoms with Crippen LogP contribution in [0.3, 0.4) is 0 Å². The number of benzene rings is 1. The fraction of sp³-hybridized carbons (Fsp3) is 0.286. The van der Waals surface area contributed by atoms with Gasteiger partial charge in [0.15, 0.2) is 6.61 Å². The van der Waals surface area contributed by atoms with Crippen LogP contribution in [0.4, 0.5) is 0 Å². The lowest BCUT2D eigenvalue weighted by Gasteiger charge is -2.08. The molecule has 0 aliphatic heterocycles. The van der Waals surface area contributed by atoms with Gasteiger partial charge in [0, 0.05) is 18.7 Å². The molecule has 1 aromatic heterocycles. The molecule has 19 heavy (non-hydrogen) atoms. The number of aromatic nitrogens is 1. The molecule has 0 radical (unpaired) electrons. The zero-order valence-corrected chi connectivity index (χ0v) is 10.7.